The molecular formula is C9H14O. The summed E-state index contributed by atoms with van der Waals surface area (Å²) in [5.41, 5.74) is 3.83. The molecule has 1 N–H and O–H groups in total. The largest absolute Gasteiger partial charge is 0.392 e. The Morgan fingerprint density at radius 1 is 1.50 bits per heavy atom. The van der Waals surface area contributed by atoms with Crippen LogP contribution in [0.5, 0.6) is 0 Å². The van der Waals surface area contributed by atoms with E-state index in [1.807, 2.05) is 0 Å². The van der Waals surface area contributed by atoms with Gasteiger partial charge >= 0.3 is 0 Å². The summed E-state index contributed by atoms with van der Waals surface area (Å²) in [6, 6.07) is 0. The van der Waals surface area contributed by atoms with Gasteiger partial charge in [-0.3, -0.25) is 0 Å². The lowest BCUT2D eigenvalue weighted by atomic mass is 9.90. The average molecular weight is 138 g/mol. The second kappa shape index (κ2) is 3.02. The Morgan fingerprint density at radius 2 is 2.20 bits per heavy atom. The topological polar surface area (TPSA) is 20.2 Å². The molecule has 0 bridgehead atoms. The van der Waals surface area contributed by atoms with Gasteiger partial charge in [-0.2, -0.15) is 0 Å². The lowest BCUT2D eigenvalue weighted by molar-refractivity contribution is 0.323. The number of aliphatic hydroxyl groups is 1. The van der Waals surface area contributed by atoms with Crippen molar-refractivity contribution in [2.45, 2.75) is 26.2 Å². The molecule has 56 valence electrons. The maximum atomic E-state index is 8.86. The molecule has 1 rings (SSSR count). The molecular weight excluding hydrogens is 124 g/mol. The SMILES string of the molecule is C=C1CCC(CO)=C(C)C1. The highest BCUT2D eigenvalue weighted by Crippen LogP contribution is 2.26. The van der Waals surface area contributed by atoms with Crippen LogP contribution < -0.4 is 0 Å². The minimum Gasteiger partial charge on any atom is -0.392 e. The quantitative estimate of drug-likeness (QED) is 0.550. The van der Waals surface area contributed by atoms with Gasteiger partial charge in [-0.25, -0.2) is 0 Å². The summed E-state index contributed by atoms with van der Waals surface area (Å²) >= 11 is 0. The van der Waals surface area contributed by atoms with E-state index in [1.165, 1.54) is 16.7 Å². The first-order valence-corrected chi connectivity index (χ1v) is 3.69. The molecule has 0 amide bonds. The zero-order valence-electron chi connectivity index (χ0n) is 6.48. The minimum atomic E-state index is 0.235. The molecule has 0 aliphatic heterocycles. The fourth-order valence-electron chi connectivity index (χ4n) is 1.34. The Hall–Kier alpha value is -0.560. The maximum absolute atomic E-state index is 8.86. The predicted octanol–water partition coefficient (Wildman–Crippen LogP) is 2.04. The van der Waals surface area contributed by atoms with Crippen LogP contribution in [0.1, 0.15) is 26.2 Å². The first kappa shape index (κ1) is 7.55. The molecule has 0 aromatic carbocycles. The molecule has 0 aromatic rings. The molecule has 1 nitrogen and oxygen atoms in total. The summed E-state index contributed by atoms with van der Waals surface area (Å²) in [6.45, 7) is 6.23. The number of hydrogen-bond donors (Lipinski definition) is 1. The van der Waals surface area contributed by atoms with E-state index in [9.17, 15) is 0 Å². The molecule has 0 heterocycles. The van der Waals surface area contributed by atoms with E-state index in [-0.39, 0.29) is 6.61 Å². The molecule has 10 heavy (non-hydrogen) atoms. The molecule has 1 heteroatoms. The standard InChI is InChI=1S/C9H14O/c1-7-3-4-9(6-10)8(2)5-7/h10H,1,3-6H2,2H3. The van der Waals surface area contributed by atoms with Gasteiger partial charge in [-0.15, -0.1) is 0 Å². The van der Waals surface area contributed by atoms with Crippen molar-refractivity contribution in [3.8, 4) is 0 Å². The van der Waals surface area contributed by atoms with Crippen LogP contribution in [0.25, 0.3) is 0 Å². The van der Waals surface area contributed by atoms with Crippen molar-refractivity contribution in [1.29, 1.82) is 0 Å². The van der Waals surface area contributed by atoms with Crippen LogP contribution in [0.15, 0.2) is 23.3 Å². The molecule has 0 fully saturated rings. The van der Waals surface area contributed by atoms with Crippen molar-refractivity contribution in [3.63, 3.8) is 0 Å². The third-order valence-corrected chi connectivity index (χ3v) is 2.09. The van der Waals surface area contributed by atoms with Crippen LogP contribution in [0.2, 0.25) is 0 Å². The fourth-order valence-corrected chi connectivity index (χ4v) is 1.34. The van der Waals surface area contributed by atoms with E-state index in [2.05, 4.69) is 13.5 Å². The van der Waals surface area contributed by atoms with Crippen LogP contribution in [0, 0.1) is 0 Å². The smallest absolute Gasteiger partial charge is 0.0644 e. The molecule has 1 aliphatic carbocycles. The Morgan fingerprint density at radius 3 is 2.70 bits per heavy atom. The van der Waals surface area contributed by atoms with Gasteiger partial charge < -0.3 is 5.11 Å². The minimum absolute atomic E-state index is 0.235. The summed E-state index contributed by atoms with van der Waals surface area (Å²) in [6.07, 6.45) is 3.07. The van der Waals surface area contributed by atoms with Crippen molar-refractivity contribution >= 4 is 0 Å². The van der Waals surface area contributed by atoms with Crippen molar-refractivity contribution in [1.82, 2.24) is 0 Å². The van der Waals surface area contributed by atoms with E-state index in [0.29, 0.717) is 0 Å². The summed E-state index contributed by atoms with van der Waals surface area (Å²) in [4.78, 5) is 0. The molecule has 1 aliphatic rings. The van der Waals surface area contributed by atoms with Crippen LogP contribution in [0.4, 0.5) is 0 Å². The summed E-state index contributed by atoms with van der Waals surface area (Å²) in [5, 5.41) is 8.86. The fraction of sp³-hybridized carbons (Fsp3) is 0.556. The van der Waals surface area contributed by atoms with Crippen molar-refractivity contribution < 1.29 is 5.11 Å². The van der Waals surface area contributed by atoms with Gasteiger partial charge in [0, 0.05) is 0 Å². The summed E-state index contributed by atoms with van der Waals surface area (Å²) in [7, 11) is 0. The number of aliphatic hydroxyl groups excluding tert-OH is 1. The Bertz CT molecular complexity index is 177. The number of rotatable bonds is 1. The molecule has 0 saturated heterocycles. The van der Waals surface area contributed by atoms with Crippen LogP contribution in [-0.4, -0.2) is 11.7 Å². The Kier molecular flexibility index (Phi) is 2.28. The van der Waals surface area contributed by atoms with E-state index in [1.54, 1.807) is 0 Å². The van der Waals surface area contributed by atoms with Crippen molar-refractivity contribution in [3.05, 3.63) is 23.3 Å². The van der Waals surface area contributed by atoms with Gasteiger partial charge in [-0.1, -0.05) is 17.7 Å². The van der Waals surface area contributed by atoms with E-state index >= 15 is 0 Å². The normalized spacial score (nSPS) is 20.0. The molecule has 0 unspecified atom stereocenters. The molecule has 0 atom stereocenters. The monoisotopic (exact) mass is 138 g/mol. The van der Waals surface area contributed by atoms with Crippen LogP contribution in [0.3, 0.4) is 0 Å². The predicted molar refractivity (Wildman–Crippen MR) is 42.8 cm³/mol. The Labute approximate surface area is 62.1 Å². The molecule has 0 spiro atoms. The Balaban J connectivity index is 2.70. The first-order chi connectivity index (χ1) is 4.74. The second-order valence-corrected chi connectivity index (χ2v) is 2.97. The summed E-state index contributed by atoms with van der Waals surface area (Å²) in [5.74, 6) is 0. The van der Waals surface area contributed by atoms with E-state index in [0.717, 1.165) is 19.3 Å². The van der Waals surface area contributed by atoms with E-state index < -0.39 is 0 Å². The lowest BCUT2D eigenvalue weighted by Crippen LogP contribution is -2.02. The first-order valence-electron chi connectivity index (χ1n) is 3.69. The van der Waals surface area contributed by atoms with Crippen LogP contribution in [-0.2, 0) is 0 Å². The van der Waals surface area contributed by atoms with Gasteiger partial charge in [-0.05, 0) is 31.8 Å². The zero-order valence-corrected chi connectivity index (χ0v) is 6.48. The third kappa shape index (κ3) is 1.48. The molecule has 0 aromatic heterocycles. The maximum Gasteiger partial charge on any atom is 0.0644 e. The van der Waals surface area contributed by atoms with Gasteiger partial charge in [0.05, 0.1) is 6.61 Å². The molecule has 0 radical (unpaired) electrons. The van der Waals surface area contributed by atoms with Crippen molar-refractivity contribution in [2.24, 2.45) is 0 Å². The van der Waals surface area contributed by atoms with Gasteiger partial charge in [0.1, 0.15) is 0 Å². The highest BCUT2D eigenvalue weighted by molar-refractivity contribution is 5.24. The van der Waals surface area contributed by atoms with Gasteiger partial charge in [0.25, 0.3) is 0 Å². The van der Waals surface area contributed by atoms with Crippen LogP contribution >= 0.6 is 0 Å². The number of hydrogen-bond acceptors (Lipinski definition) is 1. The number of allylic oxidation sites excluding steroid dienone is 2. The average Bonchev–Trinajstić information content (AvgIpc) is 1.88. The third-order valence-electron chi connectivity index (χ3n) is 2.09. The highest BCUT2D eigenvalue weighted by Gasteiger charge is 2.09. The lowest BCUT2D eigenvalue weighted by Gasteiger charge is -2.17. The van der Waals surface area contributed by atoms with Gasteiger partial charge in [0.2, 0.25) is 0 Å². The highest BCUT2D eigenvalue weighted by atomic mass is 16.3. The zero-order chi connectivity index (χ0) is 7.56. The van der Waals surface area contributed by atoms with E-state index in [4.69, 9.17) is 5.11 Å². The van der Waals surface area contributed by atoms with Crippen molar-refractivity contribution in [2.75, 3.05) is 6.61 Å². The van der Waals surface area contributed by atoms with Gasteiger partial charge in [0.15, 0.2) is 0 Å². The molecule has 0 saturated carbocycles. The summed E-state index contributed by atoms with van der Waals surface area (Å²) < 4.78 is 0. The second-order valence-electron chi connectivity index (χ2n) is 2.97.